The molecule has 0 saturated heterocycles. The van der Waals surface area contributed by atoms with Gasteiger partial charge in [0.2, 0.25) is 0 Å². The number of aromatic amines is 1. The summed E-state index contributed by atoms with van der Waals surface area (Å²) in [4.78, 5) is 7.33. The van der Waals surface area contributed by atoms with Gasteiger partial charge in [0.05, 0.1) is 5.69 Å². The first-order valence-electron chi connectivity index (χ1n) is 5.81. The van der Waals surface area contributed by atoms with E-state index in [1.807, 2.05) is 13.8 Å². The molecule has 19 heavy (non-hydrogen) atoms. The van der Waals surface area contributed by atoms with Crippen LogP contribution in [0.15, 0.2) is 28.7 Å². The van der Waals surface area contributed by atoms with Gasteiger partial charge in [-0.15, -0.1) is 0 Å². The highest BCUT2D eigenvalue weighted by atomic mass is 32.1. The number of nitrogens with zero attached hydrogens (tertiary/aromatic N) is 1. The van der Waals surface area contributed by atoms with Crippen LogP contribution in [0.5, 0.6) is 0 Å². The van der Waals surface area contributed by atoms with E-state index in [-0.39, 0.29) is 5.82 Å². The van der Waals surface area contributed by atoms with E-state index in [0.717, 1.165) is 22.5 Å². The summed E-state index contributed by atoms with van der Waals surface area (Å²) >= 11 is 5.20. The molecule has 0 bridgehead atoms. The van der Waals surface area contributed by atoms with E-state index >= 15 is 0 Å². The Bertz CT molecular complexity index is 835. The van der Waals surface area contributed by atoms with Crippen molar-refractivity contribution >= 4 is 23.2 Å². The topological polar surface area (TPSA) is 41.8 Å². The number of nitrogens with one attached hydrogen (secondary N) is 1. The number of rotatable bonds is 1. The minimum Gasteiger partial charge on any atom is -0.455 e. The van der Waals surface area contributed by atoms with Crippen molar-refractivity contribution in [1.29, 1.82) is 0 Å². The van der Waals surface area contributed by atoms with Crippen LogP contribution < -0.4 is 0 Å². The number of furan rings is 1. The second-order valence-corrected chi connectivity index (χ2v) is 4.81. The molecule has 2 heterocycles. The monoisotopic (exact) mass is 274 g/mol. The highest BCUT2D eigenvalue weighted by molar-refractivity contribution is 7.71. The van der Waals surface area contributed by atoms with Gasteiger partial charge in [0.15, 0.2) is 5.76 Å². The molecule has 96 valence electrons. The summed E-state index contributed by atoms with van der Waals surface area (Å²) in [5.41, 5.74) is 2.28. The molecule has 0 unspecified atom stereocenters. The molecule has 0 aliphatic rings. The molecule has 3 nitrogen and oxygen atoms in total. The van der Waals surface area contributed by atoms with Crippen LogP contribution in [0.3, 0.4) is 0 Å². The average Bonchev–Trinajstić information content (AvgIpc) is 2.76. The molecule has 0 fully saturated rings. The van der Waals surface area contributed by atoms with Crippen LogP contribution in [-0.4, -0.2) is 9.97 Å². The summed E-state index contributed by atoms with van der Waals surface area (Å²) in [5, 5.41) is 0.725. The third-order valence-electron chi connectivity index (χ3n) is 3.00. The largest absolute Gasteiger partial charge is 0.455 e. The fourth-order valence-corrected chi connectivity index (χ4v) is 2.27. The Morgan fingerprint density at radius 3 is 2.84 bits per heavy atom. The summed E-state index contributed by atoms with van der Waals surface area (Å²) in [6, 6.07) is 6.24. The zero-order chi connectivity index (χ0) is 13.6. The maximum atomic E-state index is 13.2. The number of halogens is 1. The van der Waals surface area contributed by atoms with Crippen LogP contribution in [0.2, 0.25) is 0 Å². The van der Waals surface area contributed by atoms with Gasteiger partial charge in [-0.3, -0.25) is 0 Å². The van der Waals surface area contributed by atoms with Gasteiger partial charge in [-0.25, -0.2) is 9.37 Å². The third-order valence-corrected chi connectivity index (χ3v) is 3.39. The lowest BCUT2D eigenvalue weighted by Gasteiger charge is -2.04. The van der Waals surface area contributed by atoms with Crippen LogP contribution in [-0.2, 0) is 0 Å². The fourth-order valence-electron chi connectivity index (χ4n) is 2.03. The number of H-pyrrole nitrogens is 1. The molecule has 1 aromatic carbocycles. The molecule has 3 aromatic rings. The highest BCUT2D eigenvalue weighted by Crippen LogP contribution is 2.29. The molecular formula is C14H11FN2OS. The average molecular weight is 274 g/mol. The van der Waals surface area contributed by atoms with Crippen molar-refractivity contribution in [3.05, 3.63) is 46.1 Å². The van der Waals surface area contributed by atoms with Crippen molar-refractivity contribution in [1.82, 2.24) is 9.97 Å². The summed E-state index contributed by atoms with van der Waals surface area (Å²) in [5.74, 6) is 1.07. The van der Waals surface area contributed by atoms with Gasteiger partial charge in [-0.05, 0) is 38.1 Å². The van der Waals surface area contributed by atoms with E-state index in [0.29, 0.717) is 16.0 Å². The number of benzene rings is 1. The lowest BCUT2D eigenvalue weighted by Crippen LogP contribution is -1.95. The Balaban J connectivity index is 2.27. The Kier molecular flexibility index (Phi) is 2.71. The summed E-state index contributed by atoms with van der Waals surface area (Å²) in [6.45, 7) is 3.72. The third kappa shape index (κ3) is 2.06. The molecule has 3 rings (SSSR count). The number of aromatic nitrogens is 2. The van der Waals surface area contributed by atoms with Crippen LogP contribution in [0.4, 0.5) is 4.39 Å². The molecule has 0 radical (unpaired) electrons. The van der Waals surface area contributed by atoms with Crippen LogP contribution in [0.1, 0.15) is 11.4 Å². The molecule has 0 aliphatic heterocycles. The lowest BCUT2D eigenvalue weighted by atomic mass is 10.2. The maximum absolute atomic E-state index is 13.2. The van der Waals surface area contributed by atoms with Crippen molar-refractivity contribution in [2.75, 3.05) is 0 Å². The first-order valence-corrected chi connectivity index (χ1v) is 6.22. The van der Waals surface area contributed by atoms with E-state index in [9.17, 15) is 4.39 Å². The van der Waals surface area contributed by atoms with E-state index in [2.05, 4.69) is 9.97 Å². The number of aryl methyl sites for hydroxylation is 1. The number of hydrogen-bond donors (Lipinski definition) is 1. The first kappa shape index (κ1) is 12.0. The number of fused-ring (bicyclic) bond motifs is 1. The Hall–Kier alpha value is -2.01. The molecule has 0 spiro atoms. The van der Waals surface area contributed by atoms with Crippen LogP contribution >= 0.6 is 12.2 Å². The van der Waals surface area contributed by atoms with Crippen molar-refractivity contribution in [2.24, 2.45) is 0 Å². The van der Waals surface area contributed by atoms with E-state index < -0.39 is 0 Å². The predicted molar refractivity (Wildman–Crippen MR) is 74.1 cm³/mol. The molecule has 0 amide bonds. The van der Waals surface area contributed by atoms with Crippen molar-refractivity contribution < 1.29 is 8.81 Å². The summed E-state index contributed by atoms with van der Waals surface area (Å²) in [6.07, 6.45) is 0. The van der Waals surface area contributed by atoms with Crippen molar-refractivity contribution in [3.8, 4) is 11.5 Å². The zero-order valence-corrected chi connectivity index (χ0v) is 11.3. The van der Waals surface area contributed by atoms with Gasteiger partial charge in [-0.1, -0.05) is 12.2 Å². The van der Waals surface area contributed by atoms with Gasteiger partial charge in [-0.2, -0.15) is 0 Å². The smallest absolute Gasteiger partial charge is 0.152 e. The van der Waals surface area contributed by atoms with Gasteiger partial charge < -0.3 is 9.40 Å². The number of hydrogen-bond acceptors (Lipinski definition) is 3. The zero-order valence-electron chi connectivity index (χ0n) is 10.5. The highest BCUT2D eigenvalue weighted by Gasteiger charge is 2.11. The van der Waals surface area contributed by atoms with Gasteiger partial charge in [0.25, 0.3) is 0 Å². The minimum absolute atomic E-state index is 0.282. The molecule has 0 aliphatic carbocycles. The van der Waals surface area contributed by atoms with Gasteiger partial charge in [0, 0.05) is 10.9 Å². The summed E-state index contributed by atoms with van der Waals surface area (Å²) in [7, 11) is 0. The van der Waals surface area contributed by atoms with Gasteiger partial charge in [0.1, 0.15) is 21.9 Å². The van der Waals surface area contributed by atoms with Gasteiger partial charge >= 0.3 is 0 Å². The van der Waals surface area contributed by atoms with E-state index in [1.54, 1.807) is 12.1 Å². The molecule has 5 heteroatoms. The van der Waals surface area contributed by atoms with Crippen molar-refractivity contribution in [3.63, 3.8) is 0 Å². The Labute approximate surface area is 114 Å². The molecular weight excluding hydrogens is 263 g/mol. The fraction of sp³-hybridized carbons (Fsp3) is 0.143. The maximum Gasteiger partial charge on any atom is 0.152 e. The minimum atomic E-state index is -0.282. The van der Waals surface area contributed by atoms with Crippen LogP contribution in [0.25, 0.3) is 22.4 Å². The van der Waals surface area contributed by atoms with Crippen LogP contribution in [0, 0.1) is 24.3 Å². The lowest BCUT2D eigenvalue weighted by molar-refractivity contribution is 0.617. The predicted octanol–water partition coefficient (Wildman–Crippen LogP) is 4.31. The van der Waals surface area contributed by atoms with Crippen molar-refractivity contribution in [2.45, 2.75) is 13.8 Å². The SMILES string of the molecule is Cc1nc(=S)c(C)c(-c2cc3cc(F)ccc3o2)[nH]1. The summed E-state index contributed by atoms with van der Waals surface area (Å²) < 4.78 is 19.4. The molecule has 2 aromatic heterocycles. The Morgan fingerprint density at radius 2 is 2.05 bits per heavy atom. The molecule has 0 atom stereocenters. The quantitative estimate of drug-likeness (QED) is 0.672. The van der Waals surface area contributed by atoms with E-state index in [4.69, 9.17) is 16.6 Å². The standard InChI is InChI=1S/C14H11FN2OS/c1-7-13(16-8(2)17-14(7)19)12-6-9-5-10(15)3-4-11(9)18-12/h3-6H,1-2H3,(H,16,17,19). The van der Waals surface area contributed by atoms with E-state index in [1.165, 1.54) is 12.1 Å². The molecule has 1 N–H and O–H groups in total. The second-order valence-electron chi connectivity index (χ2n) is 4.42. The Morgan fingerprint density at radius 1 is 1.26 bits per heavy atom. The normalized spacial score (nSPS) is 11.1. The molecule has 0 saturated carbocycles. The second kappa shape index (κ2) is 4.28. The first-order chi connectivity index (χ1) is 9.04.